The van der Waals surface area contributed by atoms with Gasteiger partial charge in [0.25, 0.3) is 0 Å². The van der Waals surface area contributed by atoms with Crippen LogP contribution in [0.5, 0.6) is 0 Å². The van der Waals surface area contributed by atoms with Crippen LogP contribution in [0.25, 0.3) is 39.2 Å². The Balaban J connectivity index is 1.63. The largest absolute Gasteiger partial charge is 0.292 e. The highest BCUT2D eigenvalue weighted by atomic mass is 19.1. The smallest absolute Gasteiger partial charge is 0.145 e. The van der Waals surface area contributed by atoms with Gasteiger partial charge in [0.15, 0.2) is 0 Å². The standard InChI is InChI=1S/C39H43FN2/c1-24(2)30-21-28(27-15-18-32-33(23-27)39(7,8)20-19-38(32,5)6)22-31(25(3)4)36(30)42-35-12-10-9-11-34(35)41-37(42)26-13-16-29(40)17-14-26/h9-18,21-25H,19-20H2,1-8H3. The maximum atomic E-state index is 13.9. The van der Waals surface area contributed by atoms with Gasteiger partial charge in [0, 0.05) is 5.56 Å². The minimum absolute atomic E-state index is 0.155. The van der Waals surface area contributed by atoms with Crippen molar-refractivity contribution in [3.05, 3.63) is 107 Å². The van der Waals surface area contributed by atoms with E-state index in [-0.39, 0.29) is 28.5 Å². The molecule has 5 aromatic rings. The van der Waals surface area contributed by atoms with Crippen LogP contribution in [0.4, 0.5) is 4.39 Å². The fourth-order valence-electron chi connectivity index (χ4n) is 6.80. The van der Waals surface area contributed by atoms with Crippen molar-refractivity contribution < 1.29 is 4.39 Å². The predicted octanol–water partition coefficient (Wildman–Crippen LogP) is 11.1. The Morgan fingerprint density at radius 2 is 1.24 bits per heavy atom. The quantitative estimate of drug-likeness (QED) is 0.210. The first-order valence-corrected chi connectivity index (χ1v) is 15.4. The van der Waals surface area contributed by atoms with E-state index < -0.39 is 0 Å². The summed E-state index contributed by atoms with van der Waals surface area (Å²) in [7, 11) is 0. The molecule has 216 valence electrons. The second-order valence-corrected chi connectivity index (χ2v) is 14.1. The van der Waals surface area contributed by atoms with Crippen molar-refractivity contribution in [1.82, 2.24) is 9.55 Å². The maximum Gasteiger partial charge on any atom is 0.145 e. The third kappa shape index (κ3) is 4.77. The van der Waals surface area contributed by atoms with Gasteiger partial charge in [-0.2, -0.15) is 0 Å². The van der Waals surface area contributed by atoms with Crippen molar-refractivity contribution in [2.75, 3.05) is 0 Å². The molecule has 0 radical (unpaired) electrons. The minimum Gasteiger partial charge on any atom is -0.292 e. The van der Waals surface area contributed by atoms with Crippen molar-refractivity contribution in [1.29, 1.82) is 0 Å². The van der Waals surface area contributed by atoms with Gasteiger partial charge in [-0.25, -0.2) is 9.37 Å². The summed E-state index contributed by atoms with van der Waals surface area (Å²) in [5.74, 6) is 1.17. The number of hydrogen-bond donors (Lipinski definition) is 0. The first kappa shape index (κ1) is 28.4. The highest BCUT2D eigenvalue weighted by Crippen LogP contribution is 2.47. The molecule has 42 heavy (non-hydrogen) atoms. The molecule has 1 aliphatic rings. The van der Waals surface area contributed by atoms with E-state index in [1.807, 2.05) is 18.2 Å². The fraction of sp³-hybridized carbons (Fsp3) is 0.359. The van der Waals surface area contributed by atoms with E-state index in [1.165, 1.54) is 64.0 Å². The molecule has 0 saturated carbocycles. The van der Waals surface area contributed by atoms with E-state index in [0.717, 1.165) is 22.4 Å². The molecule has 1 aliphatic carbocycles. The molecule has 0 spiro atoms. The van der Waals surface area contributed by atoms with Crippen molar-refractivity contribution in [2.45, 2.75) is 90.9 Å². The molecule has 4 aromatic carbocycles. The number of benzene rings is 4. The summed E-state index contributed by atoms with van der Waals surface area (Å²) >= 11 is 0. The van der Waals surface area contributed by atoms with E-state index in [2.05, 4.69) is 108 Å². The van der Waals surface area contributed by atoms with E-state index in [9.17, 15) is 4.39 Å². The summed E-state index contributed by atoms with van der Waals surface area (Å²) in [6, 6.07) is 27.0. The SMILES string of the molecule is CC(C)c1cc(-c2ccc3c(c2)C(C)(C)CCC3(C)C)cc(C(C)C)c1-n1c(-c2ccc(F)cc2)nc2ccccc21. The number of rotatable bonds is 5. The van der Waals surface area contributed by atoms with Gasteiger partial charge in [-0.05, 0) is 117 Å². The van der Waals surface area contributed by atoms with Crippen LogP contribution in [-0.2, 0) is 10.8 Å². The van der Waals surface area contributed by atoms with Gasteiger partial charge in [-0.15, -0.1) is 0 Å². The van der Waals surface area contributed by atoms with Gasteiger partial charge in [-0.3, -0.25) is 4.57 Å². The number of aromatic nitrogens is 2. The molecule has 0 amide bonds. The van der Waals surface area contributed by atoms with Gasteiger partial charge in [0.05, 0.1) is 16.7 Å². The second-order valence-electron chi connectivity index (χ2n) is 14.1. The Kier molecular flexibility index (Phi) is 6.91. The second kappa shape index (κ2) is 10.2. The molecule has 6 rings (SSSR count). The van der Waals surface area contributed by atoms with Crippen LogP contribution in [0.2, 0.25) is 0 Å². The maximum absolute atomic E-state index is 13.9. The van der Waals surface area contributed by atoms with Crippen LogP contribution in [-0.4, -0.2) is 9.55 Å². The summed E-state index contributed by atoms with van der Waals surface area (Å²) in [5.41, 5.74) is 12.5. The van der Waals surface area contributed by atoms with Gasteiger partial charge in [-0.1, -0.05) is 85.7 Å². The van der Waals surface area contributed by atoms with Crippen LogP contribution < -0.4 is 0 Å². The summed E-state index contributed by atoms with van der Waals surface area (Å²) in [5, 5.41) is 0. The lowest BCUT2D eigenvalue weighted by atomic mass is 9.63. The van der Waals surface area contributed by atoms with Gasteiger partial charge < -0.3 is 0 Å². The van der Waals surface area contributed by atoms with E-state index in [1.54, 1.807) is 0 Å². The Hall–Kier alpha value is -3.72. The fourth-order valence-corrected chi connectivity index (χ4v) is 6.80. The average Bonchev–Trinajstić information content (AvgIpc) is 3.34. The number of para-hydroxylation sites is 2. The van der Waals surface area contributed by atoms with Crippen LogP contribution in [0, 0.1) is 5.82 Å². The van der Waals surface area contributed by atoms with Crippen molar-refractivity contribution in [3.8, 4) is 28.2 Å². The van der Waals surface area contributed by atoms with Crippen molar-refractivity contribution >= 4 is 11.0 Å². The molecule has 0 bridgehead atoms. The summed E-state index contributed by atoms with van der Waals surface area (Å²) in [6.45, 7) is 18.7. The number of halogens is 1. The lowest BCUT2D eigenvalue weighted by Gasteiger charge is -2.42. The molecule has 0 atom stereocenters. The number of nitrogens with zero attached hydrogens (tertiary/aromatic N) is 2. The van der Waals surface area contributed by atoms with Crippen LogP contribution >= 0.6 is 0 Å². The zero-order valence-electron chi connectivity index (χ0n) is 26.3. The lowest BCUT2D eigenvalue weighted by Crippen LogP contribution is -2.33. The van der Waals surface area contributed by atoms with Crippen LogP contribution in [0.15, 0.2) is 78.9 Å². The lowest BCUT2D eigenvalue weighted by molar-refractivity contribution is 0.332. The molecule has 0 N–H and O–H groups in total. The molecule has 1 aromatic heterocycles. The summed E-state index contributed by atoms with van der Waals surface area (Å²) < 4.78 is 16.3. The topological polar surface area (TPSA) is 17.8 Å². The highest BCUT2D eigenvalue weighted by Gasteiger charge is 2.37. The molecule has 0 saturated heterocycles. The molecule has 0 unspecified atom stereocenters. The van der Waals surface area contributed by atoms with Crippen LogP contribution in [0.1, 0.15) is 102 Å². The Morgan fingerprint density at radius 3 is 1.86 bits per heavy atom. The van der Waals surface area contributed by atoms with E-state index in [0.29, 0.717) is 0 Å². The summed E-state index contributed by atoms with van der Waals surface area (Å²) in [6.07, 6.45) is 2.41. The third-order valence-electron chi connectivity index (χ3n) is 9.49. The molecule has 0 aliphatic heterocycles. The average molecular weight is 559 g/mol. The predicted molar refractivity (Wildman–Crippen MR) is 175 cm³/mol. The van der Waals surface area contributed by atoms with Crippen LogP contribution in [0.3, 0.4) is 0 Å². The Bertz CT molecular complexity index is 1750. The molecule has 3 heteroatoms. The van der Waals surface area contributed by atoms with Gasteiger partial charge in [0.1, 0.15) is 11.6 Å². The molecule has 1 heterocycles. The molecular formula is C39H43FN2. The number of imidazole rings is 1. The molecule has 2 nitrogen and oxygen atoms in total. The molecular weight excluding hydrogens is 515 g/mol. The number of hydrogen-bond acceptors (Lipinski definition) is 1. The number of fused-ring (bicyclic) bond motifs is 2. The zero-order chi connectivity index (χ0) is 30.0. The Labute approximate surface area is 250 Å². The van der Waals surface area contributed by atoms with Gasteiger partial charge in [0.2, 0.25) is 0 Å². The molecule has 0 fully saturated rings. The zero-order valence-corrected chi connectivity index (χ0v) is 26.3. The van der Waals surface area contributed by atoms with Crippen molar-refractivity contribution in [3.63, 3.8) is 0 Å². The normalized spacial score (nSPS) is 15.9. The van der Waals surface area contributed by atoms with E-state index >= 15 is 0 Å². The Morgan fingerprint density at radius 1 is 0.667 bits per heavy atom. The minimum atomic E-state index is -0.242. The monoisotopic (exact) mass is 558 g/mol. The first-order chi connectivity index (χ1) is 19.9. The summed E-state index contributed by atoms with van der Waals surface area (Å²) in [4.78, 5) is 5.09. The highest BCUT2D eigenvalue weighted by molar-refractivity contribution is 5.85. The third-order valence-corrected chi connectivity index (χ3v) is 9.49. The van der Waals surface area contributed by atoms with Gasteiger partial charge >= 0.3 is 0 Å². The van der Waals surface area contributed by atoms with E-state index in [4.69, 9.17) is 4.98 Å². The first-order valence-electron chi connectivity index (χ1n) is 15.4. The van der Waals surface area contributed by atoms with Crippen molar-refractivity contribution in [2.24, 2.45) is 0 Å².